The van der Waals surface area contributed by atoms with E-state index in [4.69, 9.17) is 5.11 Å². The van der Waals surface area contributed by atoms with Crippen LogP contribution in [-0.2, 0) is 0 Å². The van der Waals surface area contributed by atoms with Crippen molar-refractivity contribution in [1.82, 2.24) is 4.90 Å². The lowest BCUT2D eigenvalue weighted by Gasteiger charge is -2.16. The molecule has 0 bridgehead atoms. The van der Waals surface area contributed by atoms with E-state index in [9.17, 15) is 0 Å². The average Bonchev–Trinajstić information content (AvgIpc) is 2.78. The lowest BCUT2D eigenvalue weighted by molar-refractivity contribution is 0.273. The van der Waals surface area contributed by atoms with Crippen molar-refractivity contribution < 1.29 is 5.11 Å². The maximum atomic E-state index is 8.41. The van der Waals surface area contributed by atoms with Crippen molar-refractivity contribution in [3.63, 3.8) is 0 Å². The number of hydrogen-bond acceptors (Lipinski definition) is 2. The summed E-state index contributed by atoms with van der Waals surface area (Å²) >= 11 is 0. The zero-order valence-corrected chi connectivity index (χ0v) is 12.4. The molecule has 1 saturated heterocycles. The predicted octanol–water partition coefficient (Wildman–Crippen LogP) is 3.54. The molecule has 0 amide bonds. The first-order valence-electron chi connectivity index (χ1n) is 7.43. The maximum absolute atomic E-state index is 8.41. The van der Waals surface area contributed by atoms with Crippen molar-refractivity contribution in [3.8, 4) is 0 Å². The van der Waals surface area contributed by atoms with Gasteiger partial charge in [0.2, 0.25) is 0 Å². The molecule has 1 atom stereocenters. The Labute approximate surface area is 108 Å². The van der Waals surface area contributed by atoms with Crippen LogP contribution in [0.4, 0.5) is 0 Å². The van der Waals surface area contributed by atoms with E-state index in [1.165, 1.54) is 45.3 Å². The molecule has 1 aliphatic heterocycles. The number of aliphatic hydroxyl groups is 1. The summed E-state index contributed by atoms with van der Waals surface area (Å²) in [5.41, 5.74) is 0. The highest BCUT2D eigenvalue weighted by Crippen LogP contribution is 2.09. The van der Waals surface area contributed by atoms with Crippen molar-refractivity contribution in [3.05, 3.63) is 0 Å². The first-order chi connectivity index (χ1) is 8.10. The van der Waals surface area contributed by atoms with Crippen molar-refractivity contribution >= 4 is 0 Å². The summed E-state index contributed by atoms with van der Waals surface area (Å²) in [6.45, 7) is 13.3. The Kier molecular flexibility index (Phi) is 11.0. The van der Waals surface area contributed by atoms with Gasteiger partial charge in [-0.3, -0.25) is 0 Å². The number of nitrogens with zero attached hydrogens (tertiary/aromatic N) is 1. The summed E-state index contributed by atoms with van der Waals surface area (Å²) in [5, 5.41) is 8.41. The van der Waals surface area contributed by atoms with Crippen LogP contribution in [0.3, 0.4) is 0 Å². The van der Waals surface area contributed by atoms with Crippen LogP contribution in [0.25, 0.3) is 0 Å². The van der Waals surface area contributed by atoms with Gasteiger partial charge in [-0.25, -0.2) is 0 Å². The van der Waals surface area contributed by atoms with E-state index < -0.39 is 0 Å². The standard InChI is InChI=1S/C8H17N.C7H16O/c1-8(2)7-9-5-3-4-6-9;1-3-7(2)5-4-6-8/h8H,3-7H2,1-2H3;7-8H,3-6H2,1-2H3. The fourth-order valence-corrected chi connectivity index (χ4v) is 2.13. The van der Waals surface area contributed by atoms with Crippen molar-refractivity contribution in [1.29, 1.82) is 0 Å². The molecule has 104 valence electrons. The van der Waals surface area contributed by atoms with E-state index in [1.807, 2.05) is 0 Å². The van der Waals surface area contributed by atoms with Crippen LogP contribution < -0.4 is 0 Å². The van der Waals surface area contributed by atoms with Gasteiger partial charge in [0.1, 0.15) is 0 Å². The van der Waals surface area contributed by atoms with Gasteiger partial charge in [0.05, 0.1) is 0 Å². The minimum absolute atomic E-state index is 0.352. The maximum Gasteiger partial charge on any atom is 0.0431 e. The summed E-state index contributed by atoms with van der Waals surface area (Å²) < 4.78 is 0. The molecule has 1 aliphatic rings. The van der Waals surface area contributed by atoms with E-state index >= 15 is 0 Å². The van der Waals surface area contributed by atoms with Crippen LogP contribution in [0.1, 0.15) is 59.8 Å². The molecule has 0 aliphatic carbocycles. The summed E-state index contributed by atoms with van der Waals surface area (Å²) in [7, 11) is 0. The molecule has 0 aromatic heterocycles. The van der Waals surface area contributed by atoms with Crippen LogP contribution in [0.5, 0.6) is 0 Å². The number of rotatable bonds is 6. The molecule has 0 radical (unpaired) electrons. The largest absolute Gasteiger partial charge is 0.396 e. The van der Waals surface area contributed by atoms with Crippen LogP contribution in [0.2, 0.25) is 0 Å². The molecule has 1 N–H and O–H groups in total. The zero-order valence-electron chi connectivity index (χ0n) is 12.4. The van der Waals surface area contributed by atoms with E-state index in [0.717, 1.165) is 18.3 Å². The van der Waals surface area contributed by atoms with Gasteiger partial charge >= 0.3 is 0 Å². The van der Waals surface area contributed by atoms with Gasteiger partial charge in [-0.15, -0.1) is 0 Å². The van der Waals surface area contributed by atoms with E-state index in [2.05, 4.69) is 32.6 Å². The minimum atomic E-state index is 0.352. The van der Waals surface area contributed by atoms with E-state index in [1.54, 1.807) is 0 Å². The Morgan fingerprint density at radius 3 is 2.12 bits per heavy atom. The Morgan fingerprint density at radius 1 is 1.12 bits per heavy atom. The Morgan fingerprint density at radius 2 is 1.71 bits per heavy atom. The molecular weight excluding hydrogens is 210 g/mol. The van der Waals surface area contributed by atoms with Gasteiger partial charge in [0.15, 0.2) is 0 Å². The fraction of sp³-hybridized carbons (Fsp3) is 1.00. The highest BCUT2D eigenvalue weighted by molar-refractivity contribution is 4.66. The Bertz CT molecular complexity index is 153. The van der Waals surface area contributed by atoms with Gasteiger partial charge in [0.25, 0.3) is 0 Å². The quantitative estimate of drug-likeness (QED) is 0.771. The SMILES string of the molecule is CC(C)CN1CCCC1.CCC(C)CCCO. The average molecular weight is 243 g/mol. The van der Waals surface area contributed by atoms with E-state index in [0.29, 0.717) is 6.61 Å². The molecule has 2 heteroatoms. The first kappa shape index (κ1) is 16.9. The molecule has 2 nitrogen and oxygen atoms in total. The summed E-state index contributed by atoms with van der Waals surface area (Å²) in [5.74, 6) is 1.64. The highest BCUT2D eigenvalue weighted by Gasteiger charge is 2.11. The van der Waals surface area contributed by atoms with Crippen molar-refractivity contribution in [2.45, 2.75) is 59.8 Å². The van der Waals surface area contributed by atoms with Gasteiger partial charge in [0, 0.05) is 13.2 Å². The molecule has 17 heavy (non-hydrogen) atoms. The molecule has 0 spiro atoms. The number of likely N-dealkylation sites (tertiary alicyclic amines) is 1. The second-order valence-corrected chi connectivity index (χ2v) is 5.78. The normalized spacial score (nSPS) is 18.0. The lowest BCUT2D eigenvalue weighted by atomic mass is 10.0. The van der Waals surface area contributed by atoms with Crippen molar-refractivity contribution in [2.24, 2.45) is 11.8 Å². The molecule has 1 fully saturated rings. The van der Waals surface area contributed by atoms with Gasteiger partial charge < -0.3 is 10.0 Å². The molecule has 1 unspecified atom stereocenters. The summed E-state index contributed by atoms with van der Waals surface area (Å²) in [6.07, 6.45) is 6.22. The molecule has 0 aromatic carbocycles. The van der Waals surface area contributed by atoms with Gasteiger partial charge in [-0.05, 0) is 50.6 Å². The Hall–Kier alpha value is -0.0800. The fourth-order valence-electron chi connectivity index (χ4n) is 2.13. The van der Waals surface area contributed by atoms with Crippen molar-refractivity contribution in [2.75, 3.05) is 26.2 Å². The van der Waals surface area contributed by atoms with E-state index in [-0.39, 0.29) is 0 Å². The topological polar surface area (TPSA) is 23.5 Å². The first-order valence-corrected chi connectivity index (χ1v) is 7.43. The molecule has 0 aromatic rings. The van der Waals surface area contributed by atoms with Crippen LogP contribution >= 0.6 is 0 Å². The van der Waals surface area contributed by atoms with Crippen LogP contribution in [-0.4, -0.2) is 36.2 Å². The lowest BCUT2D eigenvalue weighted by Crippen LogP contribution is -2.23. The minimum Gasteiger partial charge on any atom is -0.396 e. The van der Waals surface area contributed by atoms with Gasteiger partial charge in [-0.1, -0.05) is 34.1 Å². The Balaban J connectivity index is 0.000000304. The molecule has 1 rings (SSSR count). The predicted molar refractivity (Wildman–Crippen MR) is 76.3 cm³/mol. The third kappa shape index (κ3) is 10.8. The summed E-state index contributed by atoms with van der Waals surface area (Å²) in [6, 6.07) is 0. The third-order valence-corrected chi connectivity index (χ3v) is 3.37. The number of hydrogen-bond donors (Lipinski definition) is 1. The number of aliphatic hydroxyl groups excluding tert-OH is 1. The molecule has 0 saturated carbocycles. The monoisotopic (exact) mass is 243 g/mol. The smallest absolute Gasteiger partial charge is 0.0431 e. The molecular formula is C15H33NO. The third-order valence-electron chi connectivity index (χ3n) is 3.37. The van der Waals surface area contributed by atoms with Crippen LogP contribution in [0.15, 0.2) is 0 Å². The molecule has 1 heterocycles. The second-order valence-electron chi connectivity index (χ2n) is 5.78. The summed E-state index contributed by atoms with van der Waals surface area (Å²) in [4.78, 5) is 2.56. The van der Waals surface area contributed by atoms with Gasteiger partial charge in [-0.2, -0.15) is 0 Å². The van der Waals surface area contributed by atoms with Crippen LogP contribution in [0, 0.1) is 11.8 Å². The highest BCUT2D eigenvalue weighted by atomic mass is 16.2. The second kappa shape index (κ2) is 11.0. The zero-order chi connectivity index (χ0) is 13.1.